The molecule has 0 aromatic heterocycles. The van der Waals surface area contributed by atoms with Gasteiger partial charge >= 0.3 is 131 Å². The third kappa shape index (κ3) is 9.09. The molecule has 0 saturated carbocycles. The van der Waals surface area contributed by atoms with Crippen LogP contribution in [0.5, 0.6) is 0 Å². The van der Waals surface area contributed by atoms with E-state index >= 15 is 0 Å². The summed E-state index contributed by atoms with van der Waals surface area (Å²) in [5, 5.41) is 5.04. The molecular weight excluding hydrogens is 304 g/mol. The van der Waals surface area contributed by atoms with Gasteiger partial charge in [0.15, 0.2) is 0 Å². The molecule has 0 spiro atoms. The summed E-state index contributed by atoms with van der Waals surface area (Å²) in [5.41, 5.74) is 0. The van der Waals surface area contributed by atoms with E-state index in [2.05, 4.69) is 38.2 Å². The van der Waals surface area contributed by atoms with Gasteiger partial charge in [-0.25, -0.2) is 0 Å². The van der Waals surface area contributed by atoms with Gasteiger partial charge in [-0.05, 0) is 0 Å². The van der Waals surface area contributed by atoms with E-state index in [1.165, 1.54) is 57.4 Å². The van der Waals surface area contributed by atoms with Crippen molar-refractivity contribution < 1.29 is 35.9 Å². The molecule has 0 fully saturated rings. The molecule has 0 aliphatic carbocycles. The SMILES string of the molecule is CCC[CH2][Ti]([CH3])([CH3])[O][Ti]([CH2]CC)([CH2]CC)[CH2]CCC. The molecule has 0 aliphatic rings. The Kier molecular flexibility index (Phi) is 11.8. The van der Waals surface area contributed by atoms with Crippen molar-refractivity contribution >= 4 is 0 Å². The molecule has 0 heterocycles. The molecule has 19 heavy (non-hydrogen) atoms. The van der Waals surface area contributed by atoms with Crippen molar-refractivity contribution in [2.45, 2.75) is 95.6 Å². The standard InChI is InChI=1S/2C4H9.2C3H7.2CH3.O.2Ti/c2*1-3-4-2;2*1-3-2;;;;;/h2*1,3-4H2,2H3;2*1,3H2,2H3;2*1H3;;;. The molecule has 1 nitrogen and oxygen atoms in total. The zero-order valence-electron chi connectivity index (χ0n) is 14.5. The first-order chi connectivity index (χ1) is 8.95. The van der Waals surface area contributed by atoms with Crippen LogP contribution in [0.15, 0.2) is 0 Å². The summed E-state index contributed by atoms with van der Waals surface area (Å²) in [5.74, 6) is 0. The molecule has 0 amide bonds. The van der Waals surface area contributed by atoms with Crippen LogP contribution in [0, 0.1) is 0 Å². The number of unbranched alkanes of at least 4 members (excludes halogenated alkanes) is 2. The summed E-state index contributed by atoms with van der Waals surface area (Å²) in [7, 11) is 0. The number of rotatable bonds is 12. The molecule has 0 rings (SSSR count). The van der Waals surface area contributed by atoms with E-state index in [9.17, 15) is 0 Å². The second-order valence-corrected chi connectivity index (χ2v) is 20.7. The first kappa shape index (κ1) is 20.4. The Balaban J connectivity index is 4.76. The van der Waals surface area contributed by atoms with Crippen molar-refractivity contribution in [2.75, 3.05) is 0 Å². The molecule has 0 bridgehead atoms. The van der Waals surface area contributed by atoms with Gasteiger partial charge in [0, 0.05) is 0 Å². The monoisotopic (exact) mass is 342 g/mol. The van der Waals surface area contributed by atoms with Gasteiger partial charge in [0.25, 0.3) is 0 Å². The number of hydrogen-bond acceptors (Lipinski definition) is 1. The predicted octanol–water partition coefficient (Wildman–Crippen LogP) is 7.33. The second kappa shape index (κ2) is 11.0. The van der Waals surface area contributed by atoms with Crippen LogP contribution in [0.4, 0.5) is 0 Å². The maximum absolute atomic E-state index is 7.09. The van der Waals surface area contributed by atoms with Gasteiger partial charge in [-0.1, -0.05) is 0 Å². The van der Waals surface area contributed by atoms with Gasteiger partial charge in [0.2, 0.25) is 0 Å². The molecule has 0 atom stereocenters. The average molecular weight is 342 g/mol. The summed E-state index contributed by atoms with van der Waals surface area (Å²) in [4.78, 5) is 0. The Bertz CT molecular complexity index is 211. The zero-order chi connectivity index (χ0) is 14.8. The van der Waals surface area contributed by atoms with E-state index in [1.807, 2.05) is 0 Å². The average Bonchev–Trinajstić information content (AvgIpc) is 2.34. The van der Waals surface area contributed by atoms with Crippen molar-refractivity contribution in [2.24, 2.45) is 0 Å². The minimum atomic E-state index is -1.99. The van der Waals surface area contributed by atoms with E-state index in [4.69, 9.17) is 1.90 Å². The predicted molar refractivity (Wildman–Crippen MR) is 82.4 cm³/mol. The van der Waals surface area contributed by atoms with Crippen LogP contribution in [-0.2, 0) is 35.9 Å². The first-order valence-corrected chi connectivity index (χ1v) is 17.5. The molecule has 0 saturated heterocycles. The van der Waals surface area contributed by atoms with Gasteiger partial charge < -0.3 is 0 Å². The van der Waals surface area contributed by atoms with Gasteiger partial charge in [0.1, 0.15) is 0 Å². The summed E-state index contributed by atoms with van der Waals surface area (Å²) in [6.07, 6.45) is 8.15. The molecule has 0 aliphatic heterocycles. The molecule has 0 radical (unpaired) electrons. The maximum atomic E-state index is 7.09. The molecule has 0 unspecified atom stereocenters. The van der Waals surface area contributed by atoms with Gasteiger partial charge in [-0.3, -0.25) is 0 Å². The molecular formula is C16H38OTi2. The molecule has 3 heteroatoms. The van der Waals surface area contributed by atoms with Crippen LogP contribution >= 0.6 is 0 Å². The molecule has 0 aromatic rings. The van der Waals surface area contributed by atoms with Crippen molar-refractivity contribution in [3.05, 3.63) is 0 Å². The quantitative estimate of drug-likeness (QED) is 0.337. The van der Waals surface area contributed by atoms with Crippen LogP contribution in [-0.4, -0.2) is 0 Å². The fraction of sp³-hybridized carbons (Fsp3) is 1.00. The van der Waals surface area contributed by atoms with Crippen LogP contribution < -0.4 is 0 Å². The summed E-state index contributed by atoms with van der Waals surface area (Å²) in [6, 6.07) is 0. The second-order valence-electron chi connectivity index (χ2n) is 6.75. The van der Waals surface area contributed by atoms with E-state index in [-0.39, 0.29) is 0 Å². The Hall–Kier alpha value is 1.39. The van der Waals surface area contributed by atoms with Crippen molar-refractivity contribution in [3.8, 4) is 0 Å². The fourth-order valence-electron chi connectivity index (χ4n) is 3.18. The van der Waals surface area contributed by atoms with E-state index in [0.717, 1.165) is 0 Å². The van der Waals surface area contributed by atoms with E-state index < -0.39 is 34.0 Å². The minimum absolute atomic E-state index is 1.33. The molecule has 0 N–H and O–H groups in total. The van der Waals surface area contributed by atoms with Gasteiger partial charge in [0.05, 0.1) is 0 Å². The fourth-order valence-corrected chi connectivity index (χ4v) is 23.3. The third-order valence-electron chi connectivity index (χ3n) is 4.02. The number of hydrogen-bond donors (Lipinski definition) is 0. The molecule has 116 valence electrons. The summed E-state index contributed by atoms with van der Waals surface area (Å²) in [6.45, 7) is 9.35. The van der Waals surface area contributed by atoms with Crippen LogP contribution in [0.25, 0.3) is 0 Å². The van der Waals surface area contributed by atoms with Crippen LogP contribution in [0.1, 0.15) is 66.2 Å². The van der Waals surface area contributed by atoms with Crippen molar-refractivity contribution in [1.29, 1.82) is 0 Å². The van der Waals surface area contributed by atoms with Gasteiger partial charge in [-0.2, -0.15) is 0 Å². The Morgan fingerprint density at radius 2 is 1.11 bits per heavy atom. The summed E-state index contributed by atoms with van der Waals surface area (Å²) < 4.78 is 12.9. The van der Waals surface area contributed by atoms with Crippen LogP contribution in [0.2, 0.25) is 29.4 Å². The Morgan fingerprint density at radius 1 is 0.632 bits per heavy atom. The van der Waals surface area contributed by atoms with Gasteiger partial charge in [-0.15, -0.1) is 0 Å². The Labute approximate surface area is 130 Å². The normalized spacial score (nSPS) is 12.9. The zero-order valence-corrected chi connectivity index (χ0v) is 17.6. The van der Waals surface area contributed by atoms with E-state index in [1.54, 1.807) is 0 Å². The topological polar surface area (TPSA) is 9.23 Å². The first-order valence-electron chi connectivity index (χ1n) is 8.65. The molecule has 0 aromatic carbocycles. The summed E-state index contributed by atoms with van der Waals surface area (Å²) >= 11 is -3.92. The Morgan fingerprint density at radius 3 is 1.53 bits per heavy atom. The van der Waals surface area contributed by atoms with E-state index in [0.29, 0.717) is 0 Å². The van der Waals surface area contributed by atoms with Crippen molar-refractivity contribution in [1.82, 2.24) is 0 Å². The van der Waals surface area contributed by atoms with Crippen LogP contribution in [0.3, 0.4) is 0 Å². The van der Waals surface area contributed by atoms with Crippen molar-refractivity contribution in [3.63, 3.8) is 0 Å². The third-order valence-corrected chi connectivity index (χ3v) is 20.7.